The highest BCUT2D eigenvalue weighted by Crippen LogP contribution is 1.58. The van der Waals surface area contributed by atoms with Crippen molar-refractivity contribution >= 4 is 0 Å². The SMILES string of the molecule is CC#CC#CC#CC#CC#CC#CC#CC#CC#CO. The van der Waals surface area contributed by atoms with Gasteiger partial charge in [0.2, 0.25) is 0 Å². The summed E-state index contributed by atoms with van der Waals surface area (Å²) in [6.45, 7) is 1.69. The Bertz CT molecular complexity index is 826. The molecule has 0 aliphatic heterocycles. The molecule has 1 heteroatoms. The van der Waals surface area contributed by atoms with Gasteiger partial charge in [0, 0.05) is 47.4 Å². The minimum Gasteiger partial charge on any atom is -0.461 e. The van der Waals surface area contributed by atoms with Gasteiger partial charge in [-0.3, -0.25) is 0 Å². The molecule has 0 aliphatic rings. The maximum atomic E-state index is 8.09. The van der Waals surface area contributed by atoms with E-state index >= 15 is 0 Å². The van der Waals surface area contributed by atoms with Crippen LogP contribution < -0.4 is 0 Å². The van der Waals surface area contributed by atoms with Crippen molar-refractivity contribution < 1.29 is 5.11 Å². The lowest BCUT2D eigenvalue weighted by Crippen LogP contribution is -1.56. The van der Waals surface area contributed by atoms with Crippen LogP contribution in [0.4, 0.5) is 0 Å². The van der Waals surface area contributed by atoms with Crippen molar-refractivity contribution in [2.45, 2.75) is 6.92 Å². The molecule has 1 nitrogen and oxygen atoms in total. The summed E-state index contributed by atoms with van der Waals surface area (Å²) < 4.78 is 0. The third-order valence-electron chi connectivity index (χ3n) is 1.12. The van der Waals surface area contributed by atoms with E-state index in [0.29, 0.717) is 0 Å². The first kappa shape index (κ1) is 15.8. The van der Waals surface area contributed by atoms with Crippen molar-refractivity contribution in [3.63, 3.8) is 0 Å². The number of aliphatic hydroxyl groups is 1. The number of hydrogen-bond donors (Lipinski definition) is 1. The normalized spacial score (nSPS) is 3.85. The van der Waals surface area contributed by atoms with E-state index in [9.17, 15) is 0 Å². The van der Waals surface area contributed by atoms with Gasteiger partial charge in [-0.15, -0.1) is 0 Å². The Hall–Kier alpha value is -4.16. The Morgan fingerprint density at radius 1 is 0.400 bits per heavy atom. The molecule has 0 amide bonds. The molecule has 0 bridgehead atoms. The van der Waals surface area contributed by atoms with Crippen LogP contribution in [0, 0.1) is 107 Å². The molecule has 0 aliphatic carbocycles. The van der Waals surface area contributed by atoms with E-state index < -0.39 is 0 Å². The van der Waals surface area contributed by atoms with Crippen LogP contribution in [0.1, 0.15) is 6.92 Å². The van der Waals surface area contributed by atoms with Crippen molar-refractivity contribution in [3.05, 3.63) is 0 Å². The quantitative estimate of drug-likeness (QED) is 0.614. The fourth-order valence-electron chi connectivity index (χ4n) is 0.528. The second-order valence-electron chi connectivity index (χ2n) is 2.36. The summed E-state index contributed by atoms with van der Waals surface area (Å²) in [7, 11) is 0. The van der Waals surface area contributed by atoms with Crippen molar-refractivity contribution in [1.82, 2.24) is 0 Å². The molecule has 0 aromatic carbocycles. The van der Waals surface area contributed by atoms with Gasteiger partial charge >= 0.3 is 0 Å². The third-order valence-corrected chi connectivity index (χ3v) is 1.12. The fraction of sp³-hybridized carbons (Fsp3) is 0.0526. The van der Waals surface area contributed by atoms with Gasteiger partial charge in [-0.25, -0.2) is 0 Å². The summed E-state index contributed by atoms with van der Waals surface area (Å²) in [4.78, 5) is 0. The minimum atomic E-state index is 1.63. The lowest BCUT2D eigenvalue weighted by atomic mass is 10.5. The first-order valence-corrected chi connectivity index (χ1v) is 4.97. The molecular formula is C19H4O. The molecule has 0 saturated heterocycles. The molecule has 0 atom stereocenters. The molecular weight excluding hydrogens is 244 g/mol. The van der Waals surface area contributed by atoms with Gasteiger partial charge in [0.05, 0.1) is 0 Å². The molecule has 0 heterocycles. The zero-order valence-corrected chi connectivity index (χ0v) is 10.4. The van der Waals surface area contributed by atoms with Gasteiger partial charge in [-0.05, 0) is 54.3 Å². The van der Waals surface area contributed by atoms with E-state index in [1.54, 1.807) is 13.0 Å². The maximum Gasteiger partial charge on any atom is 0.122 e. The Labute approximate surface area is 119 Å². The van der Waals surface area contributed by atoms with Crippen molar-refractivity contribution in [1.29, 1.82) is 0 Å². The molecule has 0 aromatic rings. The summed E-state index contributed by atoms with van der Waals surface area (Å²) >= 11 is 0. The predicted octanol–water partition coefficient (Wildman–Crippen LogP) is 0.367. The van der Waals surface area contributed by atoms with Gasteiger partial charge in [0.1, 0.15) is 6.11 Å². The molecule has 0 aromatic heterocycles. The second-order valence-corrected chi connectivity index (χ2v) is 2.36. The van der Waals surface area contributed by atoms with Crippen LogP contribution in [0.5, 0.6) is 0 Å². The van der Waals surface area contributed by atoms with Crippen LogP contribution in [-0.4, -0.2) is 5.11 Å². The van der Waals surface area contributed by atoms with Gasteiger partial charge in [0.15, 0.2) is 0 Å². The predicted molar refractivity (Wildman–Crippen MR) is 77.6 cm³/mol. The highest BCUT2D eigenvalue weighted by molar-refractivity contribution is 5.46. The van der Waals surface area contributed by atoms with E-state index in [0.717, 1.165) is 0 Å². The van der Waals surface area contributed by atoms with Crippen molar-refractivity contribution in [2.75, 3.05) is 0 Å². The summed E-state index contributed by atoms with van der Waals surface area (Å²) in [6, 6.07) is 0. The van der Waals surface area contributed by atoms with Crippen LogP contribution in [0.3, 0.4) is 0 Å². The first-order chi connectivity index (χ1) is 9.91. The van der Waals surface area contributed by atoms with E-state index in [2.05, 4.69) is 101 Å². The number of hydrogen-bond acceptors (Lipinski definition) is 1. The first-order valence-electron chi connectivity index (χ1n) is 4.97. The van der Waals surface area contributed by atoms with Gasteiger partial charge in [-0.2, -0.15) is 0 Å². The topological polar surface area (TPSA) is 20.2 Å². The molecule has 0 spiro atoms. The molecule has 1 N–H and O–H groups in total. The molecule has 0 unspecified atom stereocenters. The molecule has 0 saturated carbocycles. The van der Waals surface area contributed by atoms with Crippen LogP contribution in [0.2, 0.25) is 0 Å². The summed E-state index contributed by atoms with van der Waals surface area (Å²) in [5, 5.41) is 8.09. The highest BCUT2D eigenvalue weighted by atomic mass is 16.2. The average molecular weight is 248 g/mol. The summed E-state index contributed by atoms with van der Waals surface area (Å²) in [6.07, 6.45) is 1.63. The molecule has 0 rings (SSSR count). The summed E-state index contributed by atoms with van der Waals surface area (Å²) in [5.74, 6) is 41.6. The van der Waals surface area contributed by atoms with E-state index in [4.69, 9.17) is 5.11 Å². The van der Waals surface area contributed by atoms with Crippen LogP contribution in [-0.2, 0) is 0 Å². The van der Waals surface area contributed by atoms with Crippen molar-refractivity contribution in [2.24, 2.45) is 0 Å². The summed E-state index contributed by atoms with van der Waals surface area (Å²) in [5.41, 5.74) is 0. The van der Waals surface area contributed by atoms with Crippen LogP contribution in [0.25, 0.3) is 0 Å². The fourth-order valence-corrected chi connectivity index (χ4v) is 0.528. The average Bonchev–Trinajstić information content (AvgIpc) is 2.47. The second kappa shape index (κ2) is 14.8. The number of rotatable bonds is 0. The zero-order chi connectivity index (χ0) is 14.7. The Morgan fingerprint density at radius 3 is 0.900 bits per heavy atom. The Balaban J connectivity index is 4.33. The highest BCUT2D eigenvalue weighted by Gasteiger charge is 1.58. The van der Waals surface area contributed by atoms with Crippen molar-refractivity contribution in [3.8, 4) is 107 Å². The maximum absolute atomic E-state index is 8.09. The molecule has 86 valence electrons. The van der Waals surface area contributed by atoms with E-state index in [1.165, 1.54) is 0 Å². The van der Waals surface area contributed by atoms with Crippen LogP contribution >= 0.6 is 0 Å². The largest absolute Gasteiger partial charge is 0.461 e. The zero-order valence-electron chi connectivity index (χ0n) is 10.4. The standard InChI is InChI=1S/C19H4O/c1-2-3-4-5-6-7-8-9-10-11-12-13-14-15-16-17-18-19-20/h20H,1H3. The smallest absolute Gasteiger partial charge is 0.122 e. The Kier molecular flexibility index (Phi) is 11.8. The lowest BCUT2D eigenvalue weighted by Gasteiger charge is -1.56. The van der Waals surface area contributed by atoms with Gasteiger partial charge in [0.25, 0.3) is 0 Å². The van der Waals surface area contributed by atoms with E-state index in [1.807, 2.05) is 0 Å². The third kappa shape index (κ3) is 13.8. The monoisotopic (exact) mass is 248 g/mol. The minimum absolute atomic E-state index is 1.63. The van der Waals surface area contributed by atoms with Crippen LogP contribution in [0.15, 0.2) is 0 Å². The van der Waals surface area contributed by atoms with E-state index in [-0.39, 0.29) is 0 Å². The Morgan fingerprint density at radius 2 is 0.650 bits per heavy atom. The van der Waals surface area contributed by atoms with Gasteiger partial charge < -0.3 is 5.11 Å². The lowest BCUT2D eigenvalue weighted by molar-refractivity contribution is 0.517. The molecule has 0 fully saturated rings. The molecule has 20 heavy (non-hydrogen) atoms. The molecule has 0 radical (unpaired) electrons. The van der Waals surface area contributed by atoms with Gasteiger partial charge in [-0.1, -0.05) is 5.92 Å². The number of aliphatic hydroxyl groups excluding tert-OH is 1.